The van der Waals surface area contributed by atoms with Crippen molar-refractivity contribution in [2.75, 3.05) is 13.1 Å². The highest BCUT2D eigenvalue weighted by molar-refractivity contribution is 7.09. The van der Waals surface area contributed by atoms with E-state index in [1.54, 1.807) is 18.3 Å². The molecule has 0 aromatic carbocycles. The Morgan fingerprint density at radius 3 is 2.68 bits per heavy atom. The van der Waals surface area contributed by atoms with Gasteiger partial charge in [-0.1, -0.05) is 27.7 Å². The van der Waals surface area contributed by atoms with E-state index in [4.69, 9.17) is 5.11 Å². The summed E-state index contributed by atoms with van der Waals surface area (Å²) < 4.78 is 0. The number of nitrogens with zero attached hydrogens (tertiary/aromatic N) is 2. The fourth-order valence-corrected chi connectivity index (χ4v) is 3.11. The van der Waals surface area contributed by atoms with Crippen molar-refractivity contribution < 1.29 is 9.90 Å². The van der Waals surface area contributed by atoms with E-state index in [2.05, 4.69) is 36.0 Å². The van der Waals surface area contributed by atoms with Gasteiger partial charge in [-0.3, -0.25) is 9.69 Å². The van der Waals surface area contributed by atoms with Gasteiger partial charge in [-0.25, -0.2) is 4.98 Å². The first-order valence-corrected chi connectivity index (χ1v) is 7.55. The molecule has 1 saturated heterocycles. The Balaban J connectivity index is 1.85. The van der Waals surface area contributed by atoms with Gasteiger partial charge in [-0.05, 0) is 5.92 Å². The molecule has 1 aliphatic heterocycles. The highest BCUT2D eigenvalue weighted by Gasteiger charge is 2.34. The van der Waals surface area contributed by atoms with Crippen LogP contribution < -0.4 is 0 Å². The number of hydrogen-bond donors (Lipinski definition) is 1. The molecule has 2 rings (SSSR count). The molecule has 0 aliphatic carbocycles. The lowest BCUT2D eigenvalue weighted by Gasteiger charge is -2.40. The maximum absolute atomic E-state index is 10.9. The smallest absolute Gasteiger partial charge is 0.306 e. The zero-order chi connectivity index (χ0) is 14.2. The highest BCUT2D eigenvalue weighted by atomic mass is 32.1. The first-order valence-electron chi connectivity index (χ1n) is 6.67. The van der Waals surface area contributed by atoms with Crippen LogP contribution in [0.1, 0.15) is 38.4 Å². The van der Waals surface area contributed by atoms with Crippen LogP contribution in [0.4, 0.5) is 0 Å². The molecule has 19 heavy (non-hydrogen) atoms. The standard InChI is InChI=1S/C14H22N2O2S/c1-9(12(17)18)10-5-16(6-10)7-11-8-19-13(15-11)14(2,3)4/h8-10H,5-7H2,1-4H3,(H,17,18). The molecular weight excluding hydrogens is 260 g/mol. The lowest BCUT2D eigenvalue weighted by atomic mass is 9.87. The van der Waals surface area contributed by atoms with Crippen molar-refractivity contribution in [2.45, 2.75) is 39.7 Å². The summed E-state index contributed by atoms with van der Waals surface area (Å²) in [6.07, 6.45) is 0. The Labute approximate surface area is 118 Å². The van der Waals surface area contributed by atoms with Gasteiger partial charge in [0.2, 0.25) is 0 Å². The Bertz CT molecular complexity index is 458. The molecule has 1 fully saturated rings. The van der Waals surface area contributed by atoms with Crippen LogP contribution in [0.2, 0.25) is 0 Å². The largest absolute Gasteiger partial charge is 0.481 e. The maximum Gasteiger partial charge on any atom is 0.306 e. The van der Waals surface area contributed by atoms with E-state index in [0.29, 0.717) is 5.92 Å². The molecule has 2 heterocycles. The molecule has 106 valence electrons. The van der Waals surface area contributed by atoms with Crippen molar-refractivity contribution in [1.29, 1.82) is 0 Å². The minimum absolute atomic E-state index is 0.109. The summed E-state index contributed by atoms with van der Waals surface area (Å²) in [5, 5.41) is 12.2. The molecule has 1 unspecified atom stereocenters. The normalized spacial score (nSPS) is 19.2. The van der Waals surface area contributed by atoms with Crippen molar-refractivity contribution in [3.8, 4) is 0 Å². The summed E-state index contributed by atoms with van der Waals surface area (Å²) >= 11 is 1.71. The summed E-state index contributed by atoms with van der Waals surface area (Å²) in [6.45, 7) is 10.9. The fraction of sp³-hybridized carbons (Fsp3) is 0.714. The third-order valence-electron chi connectivity index (χ3n) is 3.66. The number of carboxylic acid groups (broad SMARTS) is 1. The van der Waals surface area contributed by atoms with Gasteiger partial charge in [-0.15, -0.1) is 11.3 Å². The Morgan fingerprint density at radius 1 is 1.58 bits per heavy atom. The van der Waals surface area contributed by atoms with Crippen LogP contribution >= 0.6 is 11.3 Å². The molecule has 1 aromatic heterocycles. The molecule has 5 heteroatoms. The monoisotopic (exact) mass is 282 g/mol. The zero-order valence-electron chi connectivity index (χ0n) is 12.0. The number of carboxylic acids is 1. The minimum atomic E-state index is -0.687. The number of carbonyl (C=O) groups is 1. The number of rotatable bonds is 4. The molecule has 4 nitrogen and oxygen atoms in total. The summed E-state index contributed by atoms with van der Waals surface area (Å²) in [6, 6.07) is 0. The summed E-state index contributed by atoms with van der Waals surface area (Å²) in [5.74, 6) is -0.636. The van der Waals surface area contributed by atoms with Crippen LogP contribution in [-0.4, -0.2) is 34.0 Å². The second-order valence-electron chi connectivity index (χ2n) is 6.48. The maximum atomic E-state index is 10.9. The lowest BCUT2D eigenvalue weighted by Crippen LogP contribution is -2.50. The van der Waals surface area contributed by atoms with Crippen molar-refractivity contribution in [3.05, 3.63) is 16.1 Å². The van der Waals surface area contributed by atoms with Crippen LogP contribution in [0.15, 0.2) is 5.38 Å². The summed E-state index contributed by atoms with van der Waals surface area (Å²) in [5.41, 5.74) is 1.22. The van der Waals surface area contributed by atoms with Gasteiger partial charge in [0.05, 0.1) is 16.6 Å². The quantitative estimate of drug-likeness (QED) is 0.922. The van der Waals surface area contributed by atoms with Gasteiger partial charge in [0.25, 0.3) is 0 Å². The van der Waals surface area contributed by atoms with Crippen LogP contribution in [-0.2, 0) is 16.8 Å². The van der Waals surface area contributed by atoms with Crippen molar-refractivity contribution >= 4 is 17.3 Å². The van der Waals surface area contributed by atoms with Gasteiger partial charge in [0.15, 0.2) is 0 Å². The van der Waals surface area contributed by atoms with Gasteiger partial charge in [-0.2, -0.15) is 0 Å². The number of aliphatic carboxylic acids is 1. The van der Waals surface area contributed by atoms with E-state index in [-0.39, 0.29) is 11.3 Å². The van der Waals surface area contributed by atoms with Gasteiger partial charge < -0.3 is 5.11 Å². The predicted octanol–water partition coefficient (Wildman–Crippen LogP) is 2.59. The number of thiazole rings is 1. The average Bonchev–Trinajstić information content (AvgIpc) is 2.69. The number of likely N-dealkylation sites (tertiary alicyclic amines) is 1. The van der Waals surface area contributed by atoms with Crippen LogP contribution in [0.5, 0.6) is 0 Å². The molecule has 0 amide bonds. The second-order valence-corrected chi connectivity index (χ2v) is 7.33. The predicted molar refractivity (Wildman–Crippen MR) is 76.4 cm³/mol. The van der Waals surface area contributed by atoms with E-state index in [1.807, 2.05) is 0 Å². The SMILES string of the molecule is CC(C(=O)O)C1CN(Cc2csc(C(C)(C)C)n2)C1. The van der Waals surface area contributed by atoms with Crippen LogP contribution in [0.25, 0.3) is 0 Å². The van der Waals surface area contributed by atoms with Crippen LogP contribution in [0, 0.1) is 11.8 Å². The summed E-state index contributed by atoms with van der Waals surface area (Å²) in [4.78, 5) is 17.8. The Morgan fingerprint density at radius 2 is 2.21 bits per heavy atom. The number of hydrogen-bond acceptors (Lipinski definition) is 4. The van der Waals surface area contributed by atoms with E-state index < -0.39 is 5.97 Å². The Kier molecular flexibility index (Phi) is 3.97. The Hall–Kier alpha value is -0.940. The van der Waals surface area contributed by atoms with E-state index in [1.165, 1.54) is 5.01 Å². The first kappa shape index (κ1) is 14.5. The van der Waals surface area contributed by atoms with Gasteiger partial charge >= 0.3 is 5.97 Å². The van der Waals surface area contributed by atoms with E-state index in [9.17, 15) is 4.79 Å². The fourth-order valence-electron chi connectivity index (χ4n) is 2.21. The first-order chi connectivity index (χ1) is 8.77. The number of aromatic nitrogens is 1. The molecule has 1 aliphatic rings. The molecule has 1 aromatic rings. The molecule has 0 saturated carbocycles. The molecule has 1 N–H and O–H groups in total. The lowest BCUT2D eigenvalue weighted by molar-refractivity contribution is -0.145. The van der Waals surface area contributed by atoms with Crippen molar-refractivity contribution in [1.82, 2.24) is 9.88 Å². The molecule has 0 bridgehead atoms. The second kappa shape index (κ2) is 5.21. The molecule has 1 atom stereocenters. The third-order valence-corrected chi connectivity index (χ3v) is 4.98. The van der Waals surface area contributed by atoms with Gasteiger partial charge in [0.1, 0.15) is 0 Å². The minimum Gasteiger partial charge on any atom is -0.481 e. The van der Waals surface area contributed by atoms with Crippen molar-refractivity contribution in [3.63, 3.8) is 0 Å². The highest BCUT2D eigenvalue weighted by Crippen LogP contribution is 2.28. The molecular formula is C14H22N2O2S. The zero-order valence-corrected chi connectivity index (χ0v) is 12.8. The van der Waals surface area contributed by atoms with Gasteiger partial charge in [0, 0.05) is 30.4 Å². The van der Waals surface area contributed by atoms with Crippen molar-refractivity contribution in [2.24, 2.45) is 11.8 Å². The molecule has 0 spiro atoms. The topological polar surface area (TPSA) is 53.4 Å². The van der Waals surface area contributed by atoms with Crippen LogP contribution in [0.3, 0.4) is 0 Å². The third kappa shape index (κ3) is 3.34. The van der Waals surface area contributed by atoms with E-state index >= 15 is 0 Å². The summed E-state index contributed by atoms with van der Waals surface area (Å²) in [7, 11) is 0. The average molecular weight is 282 g/mol. The molecule has 0 radical (unpaired) electrons. The van der Waals surface area contributed by atoms with E-state index in [0.717, 1.165) is 25.3 Å².